The number of hydrogen-bond donors (Lipinski definition) is 1. The van der Waals surface area contributed by atoms with Crippen LogP contribution in [0.25, 0.3) is 0 Å². The summed E-state index contributed by atoms with van der Waals surface area (Å²) in [7, 11) is 0. The van der Waals surface area contributed by atoms with Crippen molar-refractivity contribution in [2.45, 2.75) is 37.5 Å². The second kappa shape index (κ2) is 6.68. The summed E-state index contributed by atoms with van der Waals surface area (Å²) in [5.74, 6) is 0. The first kappa shape index (κ1) is 11.3. The Balaban J connectivity index is 1.88. The molecule has 1 saturated heterocycles. The lowest BCUT2D eigenvalue weighted by atomic mass is 10.2. The molecule has 0 aliphatic carbocycles. The minimum atomic E-state index is 0.539. The largest absolute Gasteiger partial charge is 0.378 e. The molecule has 1 aliphatic heterocycles. The van der Waals surface area contributed by atoms with E-state index in [1.807, 2.05) is 11.8 Å². The first-order valence-electron chi connectivity index (χ1n) is 5.18. The fourth-order valence-electron chi connectivity index (χ4n) is 1.52. The third kappa shape index (κ3) is 4.89. The van der Waals surface area contributed by atoms with Gasteiger partial charge in [0, 0.05) is 18.4 Å². The summed E-state index contributed by atoms with van der Waals surface area (Å²) in [6.45, 7) is 5.46. The lowest BCUT2D eigenvalue weighted by Crippen LogP contribution is -2.26. The first-order valence-corrected chi connectivity index (χ1v) is 6.47. The van der Waals surface area contributed by atoms with Crippen molar-refractivity contribution in [1.29, 1.82) is 0 Å². The predicted molar refractivity (Wildman–Crippen MR) is 59.4 cm³/mol. The Labute approximate surface area is 85.8 Å². The molecule has 2 atom stereocenters. The maximum Gasteiger partial charge on any atom is 0.0588 e. The van der Waals surface area contributed by atoms with Crippen LogP contribution in [0.1, 0.15) is 26.2 Å². The molecule has 78 valence electrons. The molecule has 0 amide bonds. The second-order valence-electron chi connectivity index (χ2n) is 3.67. The van der Waals surface area contributed by atoms with E-state index in [2.05, 4.69) is 18.5 Å². The second-order valence-corrected chi connectivity index (χ2v) is 4.95. The highest BCUT2D eigenvalue weighted by Crippen LogP contribution is 2.14. The quantitative estimate of drug-likeness (QED) is 0.666. The molecule has 0 aromatic rings. The minimum absolute atomic E-state index is 0.539. The van der Waals surface area contributed by atoms with Gasteiger partial charge in [-0.1, -0.05) is 6.92 Å². The number of ether oxygens (including phenoxy) is 1. The summed E-state index contributed by atoms with van der Waals surface area (Å²) >= 11 is 1.91. The fourth-order valence-corrected chi connectivity index (χ4v) is 1.81. The van der Waals surface area contributed by atoms with Crippen molar-refractivity contribution < 1.29 is 4.74 Å². The zero-order valence-corrected chi connectivity index (χ0v) is 9.53. The van der Waals surface area contributed by atoms with Gasteiger partial charge in [0.15, 0.2) is 0 Å². The van der Waals surface area contributed by atoms with Crippen LogP contribution in [-0.4, -0.2) is 37.3 Å². The van der Waals surface area contributed by atoms with Crippen molar-refractivity contribution in [1.82, 2.24) is 5.32 Å². The summed E-state index contributed by atoms with van der Waals surface area (Å²) < 4.78 is 5.54. The molecule has 0 bridgehead atoms. The molecule has 1 fully saturated rings. The molecular weight excluding hydrogens is 182 g/mol. The Morgan fingerprint density at radius 1 is 1.62 bits per heavy atom. The van der Waals surface area contributed by atoms with Gasteiger partial charge in [-0.15, -0.1) is 0 Å². The molecule has 0 spiro atoms. The Morgan fingerprint density at radius 2 is 2.46 bits per heavy atom. The van der Waals surface area contributed by atoms with Crippen LogP contribution in [0.2, 0.25) is 0 Å². The smallest absolute Gasteiger partial charge is 0.0588 e. The standard InChI is InChI=1S/C10H21NOS/c1-9(13-2)8-11-6-5-10-4-3-7-12-10/h9-11H,3-8H2,1-2H3. The number of rotatable bonds is 6. The monoisotopic (exact) mass is 203 g/mol. The van der Waals surface area contributed by atoms with Gasteiger partial charge in [-0.3, -0.25) is 0 Å². The summed E-state index contributed by atoms with van der Waals surface area (Å²) in [5.41, 5.74) is 0. The van der Waals surface area contributed by atoms with Gasteiger partial charge in [0.05, 0.1) is 6.10 Å². The van der Waals surface area contributed by atoms with Crippen LogP contribution in [0.5, 0.6) is 0 Å². The van der Waals surface area contributed by atoms with Crippen LogP contribution < -0.4 is 5.32 Å². The summed E-state index contributed by atoms with van der Waals surface area (Å²) in [6, 6.07) is 0. The van der Waals surface area contributed by atoms with Crippen molar-refractivity contribution >= 4 is 11.8 Å². The Hall–Kier alpha value is 0.270. The number of nitrogens with one attached hydrogen (secondary N) is 1. The van der Waals surface area contributed by atoms with Gasteiger partial charge in [0.25, 0.3) is 0 Å². The molecule has 1 heterocycles. The van der Waals surface area contributed by atoms with Crippen LogP contribution in [0.4, 0.5) is 0 Å². The lowest BCUT2D eigenvalue weighted by molar-refractivity contribution is 0.104. The SMILES string of the molecule is CSC(C)CNCCC1CCCO1. The third-order valence-corrected chi connectivity index (χ3v) is 3.47. The Kier molecular flexibility index (Phi) is 5.83. The van der Waals surface area contributed by atoms with E-state index in [-0.39, 0.29) is 0 Å². The zero-order chi connectivity index (χ0) is 9.52. The maximum atomic E-state index is 5.54. The first-order chi connectivity index (χ1) is 6.33. The maximum absolute atomic E-state index is 5.54. The van der Waals surface area contributed by atoms with Crippen LogP contribution in [0.3, 0.4) is 0 Å². The van der Waals surface area contributed by atoms with Crippen LogP contribution >= 0.6 is 11.8 Å². The lowest BCUT2D eigenvalue weighted by Gasteiger charge is -2.12. The van der Waals surface area contributed by atoms with Gasteiger partial charge >= 0.3 is 0 Å². The molecular formula is C10H21NOS. The predicted octanol–water partition coefficient (Wildman–Crippen LogP) is 1.90. The molecule has 2 unspecified atom stereocenters. The molecule has 1 rings (SSSR count). The Bertz CT molecular complexity index is 126. The van der Waals surface area contributed by atoms with E-state index in [0.29, 0.717) is 6.10 Å². The van der Waals surface area contributed by atoms with E-state index in [1.165, 1.54) is 19.3 Å². The molecule has 2 nitrogen and oxygen atoms in total. The van der Waals surface area contributed by atoms with E-state index in [0.717, 1.165) is 24.9 Å². The van der Waals surface area contributed by atoms with Crippen molar-refractivity contribution in [3.8, 4) is 0 Å². The highest BCUT2D eigenvalue weighted by atomic mass is 32.2. The third-order valence-electron chi connectivity index (χ3n) is 2.50. The van der Waals surface area contributed by atoms with Gasteiger partial charge in [0.2, 0.25) is 0 Å². The molecule has 0 aromatic carbocycles. The fraction of sp³-hybridized carbons (Fsp3) is 1.00. The molecule has 0 saturated carbocycles. The van der Waals surface area contributed by atoms with E-state index in [1.54, 1.807) is 0 Å². The highest BCUT2D eigenvalue weighted by Gasteiger charge is 2.14. The van der Waals surface area contributed by atoms with Crippen LogP contribution in [0, 0.1) is 0 Å². The summed E-state index contributed by atoms with van der Waals surface area (Å²) in [6.07, 6.45) is 6.40. The van der Waals surface area contributed by atoms with Gasteiger partial charge in [-0.25, -0.2) is 0 Å². The Morgan fingerprint density at radius 3 is 3.08 bits per heavy atom. The van der Waals surface area contributed by atoms with Gasteiger partial charge in [-0.05, 0) is 32.1 Å². The topological polar surface area (TPSA) is 21.3 Å². The highest BCUT2D eigenvalue weighted by molar-refractivity contribution is 7.99. The van der Waals surface area contributed by atoms with Crippen LogP contribution in [0.15, 0.2) is 0 Å². The molecule has 3 heteroatoms. The summed E-state index contributed by atoms with van der Waals surface area (Å²) in [4.78, 5) is 0. The molecule has 0 radical (unpaired) electrons. The van der Waals surface area contributed by atoms with Gasteiger partial charge < -0.3 is 10.1 Å². The number of thioether (sulfide) groups is 1. The van der Waals surface area contributed by atoms with Gasteiger partial charge in [-0.2, -0.15) is 11.8 Å². The van der Waals surface area contributed by atoms with Crippen molar-refractivity contribution in [3.63, 3.8) is 0 Å². The van der Waals surface area contributed by atoms with E-state index < -0.39 is 0 Å². The van der Waals surface area contributed by atoms with Crippen molar-refractivity contribution in [2.75, 3.05) is 26.0 Å². The number of hydrogen-bond acceptors (Lipinski definition) is 3. The minimum Gasteiger partial charge on any atom is -0.378 e. The molecule has 13 heavy (non-hydrogen) atoms. The van der Waals surface area contributed by atoms with E-state index >= 15 is 0 Å². The van der Waals surface area contributed by atoms with E-state index in [9.17, 15) is 0 Å². The van der Waals surface area contributed by atoms with Crippen molar-refractivity contribution in [3.05, 3.63) is 0 Å². The van der Waals surface area contributed by atoms with E-state index in [4.69, 9.17) is 4.74 Å². The van der Waals surface area contributed by atoms with Gasteiger partial charge in [0.1, 0.15) is 0 Å². The molecule has 1 aliphatic rings. The van der Waals surface area contributed by atoms with Crippen LogP contribution in [-0.2, 0) is 4.74 Å². The normalized spacial score (nSPS) is 24.9. The average molecular weight is 203 g/mol. The zero-order valence-electron chi connectivity index (χ0n) is 8.71. The van der Waals surface area contributed by atoms with Crippen molar-refractivity contribution in [2.24, 2.45) is 0 Å². The average Bonchev–Trinajstić information content (AvgIpc) is 2.64. The molecule has 1 N–H and O–H groups in total. The summed E-state index contributed by atoms with van der Waals surface area (Å²) in [5, 5.41) is 4.19. The molecule has 0 aromatic heterocycles.